The zero-order valence-corrected chi connectivity index (χ0v) is 21.0. The third-order valence-corrected chi connectivity index (χ3v) is 8.80. The van der Waals surface area contributed by atoms with Gasteiger partial charge in [0, 0.05) is 32.1 Å². The second-order valence-corrected chi connectivity index (χ2v) is 11.3. The summed E-state index contributed by atoms with van der Waals surface area (Å²) in [5.74, 6) is -0.106. The van der Waals surface area contributed by atoms with Crippen molar-refractivity contribution in [3.05, 3.63) is 114 Å². The second kappa shape index (κ2) is 10.6. The number of carbonyl (C=O) groups is 1. The first-order valence-corrected chi connectivity index (χ1v) is 13.8. The molecule has 1 amide bonds. The molecule has 0 radical (unpaired) electrons. The minimum atomic E-state index is -3.61. The smallest absolute Gasteiger partial charge is 0.243 e. The minimum absolute atomic E-state index is 0.0884. The summed E-state index contributed by atoms with van der Waals surface area (Å²) < 4.78 is 28.2. The molecule has 0 bridgehead atoms. The Morgan fingerprint density at radius 2 is 1.25 bits per heavy atom. The topological polar surface area (TPSA) is 57.7 Å². The van der Waals surface area contributed by atoms with Crippen molar-refractivity contribution in [2.24, 2.45) is 5.92 Å². The lowest BCUT2D eigenvalue weighted by molar-refractivity contribution is -0.138. The molecule has 36 heavy (non-hydrogen) atoms. The molecule has 1 aliphatic rings. The Bertz CT molecular complexity index is 1390. The van der Waals surface area contributed by atoms with E-state index < -0.39 is 10.0 Å². The molecule has 0 aromatic heterocycles. The van der Waals surface area contributed by atoms with Crippen molar-refractivity contribution in [3.63, 3.8) is 0 Å². The van der Waals surface area contributed by atoms with Crippen LogP contribution in [0.5, 0.6) is 0 Å². The van der Waals surface area contributed by atoms with Crippen molar-refractivity contribution in [3.8, 4) is 0 Å². The monoisotopic (exact) mass is 498 g/mol. The highest BCUT2D eigenvalue weighted by molar-refractivity contribution is 7.89. The van der Waals surface area contributed by atoms with Gasteiger partial charge in [0.25, 0.3) is 0 Å². The van der Waals surface area contributed by atoms with E-state index in [1.165, 1.54) is 4.31 Å². The Morgan fingerprint density at radius 3 is 1.83 bits per heavy atom. The van der Waals surface area contributed by atoms with Crippen LogP contribution in [-0.2, 0) is 27.9 Å². The lowest BCUT2D eigenvalue weighted by Gasteiger charge is -2.34. The van der Waals surface area contributed by atoms with Crippen molar-refractivity contribution in [2.75, 3.05) is 13.1 Å². The van der Waals surface area contributed by atoms with Gasteiger partial charge in [-0.1, -0.05) is 91.0 Å². The van der Waals surface area contributed by atoms with E-state index in [4.69, 9.17) is 0 Å². The Kier molecular flexibility index (Phi) is 7.16. The van der Waals surface area contributed by atoms with Gasteiger partial charge in [-0.15, -0.1) is 0 Å². The number of sulfonamides is 1. The Morgan fingerprint density at radius 1 is 0.722 bits per heavy atom. The van der Waals surface area contributed by atoms with Crippen LogP contribution in [0.3, 0.4) is 0 Å². The van der Waals surface area contributed by atoms with E-state index in [2.05, 4.69) is 0 Å². The molecule has 0 N–H and O–H groups in total. The maximum atomic E-state index is 13.6. The van der Waals surface area contributed by atoms with Crippen LogP contribution in [0.4, 0.5) is 0 Å². The number of fused-ring (bicyclic) bond motifs is 1. The van der Waals surface area contributed by atoms with Crippen LogP contribution in [0.25, 0.3) is 10.8 Å². The lowest BCUT2D eigenvalue weighted by atomic mass is 9.96. The van der Waals surface area contributed by atoms with Gasteiger partial charge >= 0.3 is 0 Å². The van der Waals surface area contributed by atoms with E-state index in [0.717, 1.165) is 21.9 Å². The molecule has 4 aromatic carbocycles. The van der Waals surface area contributed by atoms with Crippen molar-refractivity contribution >= 4 is 26.7 Å². The van der Waals surface area contributed by atoms with E-state index in [9.17, 15) is 13.2 Å². The van der Waals surface area contributed by atoms with Crippen molar-refractivity contribution in [2.45, 2.75) is 30.8 Å². The average molecular weight is 499 g/mol. The van der Waals surface area contributed by atoms with Gasteiger partial charge in [0.15, 0.2) is 0 Å². The van der Waals surface area contributed by atoms with Gasteiger partial charge in [0.05, 0.1) is 4.90 Å². The fourth-order valence-corrected chi connectivity index (χ4v) is 6.40. The molecule has 0 unspecified atom stereocenters. The predicted molar refractivity (Wildman–Crippen MR) is 143 cm³/mol. The number of piperidine rings is 1. The molecule has 184 valence electrons. The van der Waals surface area contributed by atoms with Gasteiger partial charge in [-0.25, -0.2) is 8.42 Å². The number of hydrogen-bond donors (Lipinski definition) is 0. The van der Waals surface area contributed by atoms with Crippen LogP contribution in [-0.4, -0.2) is 36.6 Å². The number of carbonyl (C=O) groups excluding carboxylic acids is 1. The molecule has 5 rings (SSSR count). The summed E-state index contributed by atoms with van der Waals surface area (Å²) in [6.45, 7) is 1.75. The molecule has 0 saturated carbocycles. The SMILES string of the molecule is O=C(C1CCN(S(=O)(=O)c2ccc3ccccc3c2)CC1)N(Cc1ccccc1)Cc1ccccc1. The molecule has 0 atom stereocenters. The summed E-state index contributed by atoms with van der Waals surface area (Å²) in [6, 6.07) is 33.0. The first-order valence-electron chi connectivity index (χ1n) is 12.4. The Labute approximate surface area is 213 Å². The van der Waals surface area contributed by atoms with E-state index >= 15 is 0 Å². The van der Waals surface area contributed by atoms with Crippen molar-refractivity contribution < 1.29 is 13.2 Å². The van der Waals surface area contributed by atoms with Gasteiger partial charge in [-0.05, 0) is 46.9 Å². The standard InChI is InChI=1S/C30H30N2O3S/c33-30(31(22-24-9-3-1-4-10-24)23-25-11-5-2-6-12-25)27-17-19-32(20-18-27)36(34,35)29-16-15-26-13-7-8-14-28(26)21-29/h1-16,21,27H,17-20,22-23H2. The second-order valence-electron chi connectivity index (χ2n) is 9.35. The number of benzene rings is 4. The van der Waals surface area contributed by atoms with E-state index in [0.29, 0.717) is 43.9 Å². The average Bonchev–Trinajstić information content (AvgIpc) is 2.93. The molecular weight excluding hydrogens is 468 g/mol. The van der Waals surface area contributed by atoms with Gasteiger partial charge < -0.3 is 4.90 Å². The number of nitrogens with zero attached hydrogens (tertiary/aromatic N) is 2. The fraction of sp³-hybridized carbons (Fsp3) is 0.233. The van der Waals surface area contributed by atoms with Crippen LogP contribution < -0.4 is 0 Å². The highest BCUT2D eigenvalue weighted by Crippen LogP contribution is 2.28. The highest BCUT2D eigenvalue weighted by Gasteiger charge is 2.34. The summed E-state index contributed by atoms with van der Waals surface area (Å²) >= 11 is 0. The first kappa shape index (κ1) is 24.2. The van der Waals surface area contributed by atoms with Crippen LogP contribution in [0.2, 0.25) is 0 Å². The van der Waals surface area contributed by atoms with E-state index in [1.807, 2.05) is 95.9 Å². The quantitative estimate of drug-likeness (QED) is 0.340. The summed E-state index contributed by atoms with van der Waals surface area (Å²) in [5, 5.41) is 1.92. The number of hydrogen-bond acceptors (Lipinski definition) is 3. The highest BCUT2D eigenvalue weighted by atomic mass is 32.2. The van der Waals surface area contributed by atoms with Gasteiger partial charge in [0.1, 0.15) is 0 Å². The maximum absolute atomic E-state index is 13.6. The molecule has 0 aliphatic carbocycles. The molecule has 6 heteroatoms. The van der Waals surface area contributed by atoms with E-state index in [1.54, 1.807) is 12.1 Å². The third-order valence-electron chi connectivity index (χ3n) is 6.91. The molecule has 1 fully saturated rings. The summed E-state index contributed by atoms with van der Waals surface area (Å²) in [6.07, 6.45) is 1.04. The van der Waals surface area contributed by atoms with Crippen LogP contribution in [0.15, 0.2) is 108 Å². The van der Waals surface area contributed by atoms with Crippen LogP contribution in [0, 0.1) is 5.92 Å². The molecule has 5 nitrogen and oxygen atoms in total. The van der Waals surface area contributed by atoms with Crippen molar-refractivity contribution in [1.82, 2.24) is 9.21 Å². The molecule has 4 aromatic rings. The number of amides is 1. The van der Waals surface area contributed by atoms with Crippen LogP contribution in [0.1, 0.15) is 24.0 Å². The lowest BCUT2D eigenvalue weighted by Crippen LogP contribution is -2.44. The summed E-state index contributed by atoms with van der Waals surface area (Å²) in [7, 11) is -3.61. The Balaban J connectivity index is 1.29. The van der Waals surface area contributed by atoms with Gasteiger partial charge in [-0.3, -0.25) is 4.79 Å². The molecule has 0 spiro atoms. The molecule has 1 heterocycles. The first-order chi connectivity index (χ1) is 17.5. The summed E-state index contributed by atoms with van der Waals surface area (Å²) in [5.41, 5.74) is 2.16. The third kappa shape index (κ3) is 5.35. The zero-order valence-electron chi connectivity index (χ0n) is 20.2. The van der Waals surface area contributed by atoms with E-state index in [-0.39, 0.29) is 11.8 Å². The predicted octanol–water partition coefficient (Wildman–Crippen LogP) is 5.47. The molecule has 1 saturated heterocycles. The summed E-state index contributed by atoms with van der Waals surface area (Å²) in [4.78, 5) is 15.8. The van der Waals surface area contributed by atoms with Crippen molar-refractivity contribution in [1.29, 1.82) is 0 Å². The van der Waals surface area contributed by atoms with Gasteiger partial charge in [-0.2, -0.15) is 4.31 Å². The number of rotatable bonds is 7. The Hall–Kier alpha value is -3.48. The molecule has 1 aliphatic heterocycles. The van der Waals surface area contributed by atoms with Crippen LogP contribution >= 0.6 is 0 Å². The maximum Gasteiger partial charge on any atom is 0.243 e. The zero-order chi connectivity index (χ0) is 25.0. The normalized spacial score (nSPS) is 15.1. The largest absolute Gasteiger partial charge is 0.334 e. The van der Waals surface area contributed by atoms with Gasteiger partial charge in [0.2, 0.25) is 15.9 Å². The minimum Gasteiger partial charge on any atom is -0.334 e. The molecular formula is C30H30N2O3S. The fourth-order valence-electron chi connectivity index (χ4n) is 4.90.